The van der Waals surface area contributed by atoms with Crippen LogP contribution in [0.5, 0.6) is 5.75 Å². The predicted octanol–water partition coefficient (Wildman–Crippen LogP) is -7.03. The number of unbranched alkanes of at least 4 members (excludes halogenated alkanes) is 3. The molecule has 4 aliphatic rings. The van der Waals surface area contributed by atoms with Gasteiger partial charge in [0.1, 0.15) is 108 Å². The molecule has 0 aliphatic carbocycles. The Labute approximate surface area is 813 Å². The molecule has 0 unspecified atom stereocenters. The Morgan fingerprint density at radius 3 is 1.17 bits per heavy atom. The fourth-order valence-corrected chi connectivity index (χ4v) is 16.5. The quantitative estimate of drug-likeness (QED) is 0.0164. The zero-order chi connectivity index (χ0) is 104. The number of benzene rings is 1. The van der Waals surface area contributed by atoms with Gasteiger partial charge in [-0.05, 0) is 225 Å². The number of guanidine groups is 1. The number of nitrogens with two attached hydrogens (primary N) is 6. The predicted molar refractivity (Wildman–Crippen MR) is 506 cm³/mol. The summed E-state index contributed by atoms with van der Waals surface area (Å²) in [4.78, 5) is 294. The summed E-state index contributed by atoms with van der Waals surface area (Å²) < 4.78 is 0. The van der Waals surface area contributed by atoms with Gasteiger partial charge in [0.2, 0.25) is 112 Å². The Balaban J connectivity index is 1.29. The van der Waals surface area contributed by atoms with Gasteiger partial charge in [0.05, 0.1) is 6.04 Å². The summed E-state index contributed by atoms with van der Waals surface area (Å²) in [6, 6.07) is -18.4. The van der Waals surface area contributed by atoms with Crippen molar-refractivity contribution in [3.05, 3.63) is 29.8 Å². The molecule has 1 aromatic rings. The van der Waals surface area contributed by atoms with E-state index in [-0.39, 0.29) is 161 Å². The van der Waals surface area contributed by atoms with E-state index in [4.69, 9.17) is 39.8 Å². The molecule has 4 aliphatic heterocycles. The van der Waals surface area contributed by atoms with Crippen LogP contribution < -0.4 is 119 Å². The van der Waals surface area contributed by atoms with E-state index in [1.165, 1.54) is 61.8 Å². The Kier molecular flexibility index (Phi) is 49.9. The lowest BCUT2D eigenvalue weighted by Crippen LogP contribution is -2.61. The van der Waals surface area contributed by atoms with Gasteiger partial charge in [-0.15, -0.1) is 0 Å². The van der Waals surface area contributed by atoms with E-state index >= 15 is 0 Å². The summed E-state index contributed by atoms with van der Waals surface area (Å²) in [6.07, 6.45) is 0.946. The molecule has 50 nitrogen and oxygen atoms in total. The van der Waals surface area contributed by atoms with Crippen LogP contribution in [0.4, 0.5) is 0 Å². The van der Waals surface area contributed by atoms with Crippen LogP contribution in [0.3, 0.4) is 0 Å². The van der Waals surface area contributed by atoms with Crippen molar-refractivity contribution in [1.82, 2.24) is 99.8 Å². The molecule has 4 heterocycles. The number of carbonyl (C=O) groups is 21. The van der Waals surface area contributed by atoms with Crippen molar-refractivity contribution < 1.29 is 116 Å². The minimum atomic E-state index is -1.62. The van der Waals surface area contributed by atoms with Gasteiger partial charge in [-0.1, -0.05) is 39.8 Å². The number of carboxylic acid groups (broad SMARTS) is 2. The molecular formula is C90H148N26O24. The molecule has 4 fully saturated rings. The van der Waals surface area contributed by atoms with Crippen LogP contribution in [-0.4, -0.2) is 321 Å². The Morgan fingerprint density at radius 1 is 0.371 bits per heavy atom. The fraction of sp³-hybridized carbons (Fsp3) is 0.689. The number of nitrogens with one attached hydrogen (secondary N) is 17. The molecule has 18 atom stereocenters. The van der Waals surface area contributed by atoms with E-state index in [2.05, 4.69) is 85.1 Å². The number of phenolic OH excluding ortho intramolecular Hbond substituents is 1. The first-order valence-electron chi connectivity index (χ1n) is 48.1. The molecule has 19 amide bonds. The first-order valence-corrected chi connectivity index (χ1v) is 48.1. The minimum Gasteiger partial charge on any atom is -0.508 e. The Bertz CT molecular complexity index is 4460. The van der Waals surface area contributed by atoms with Crippen molar-refractivity contribution in [1.29, 1.82) is 5.41 Å². The SMILES string of the molecule is CC(C)[C@H](NC(=O)[C@H](CCCCN)NC(=O)[C@H](CCCNC(=N)N)NC(=O)[C@@H]1CCCN1C(=O)[C@H](CCCCN)NC(=O)[C@H](C)NC(=O)[C@H](CCC(N)=O)NC(=O)[C@@H]1CCCN1C(=O)[C@@H](NC(=O)[C@@H]1CCCN1C(=O)[C@H](CCC(=O)O)NC(=O)[C@H](CCCCN)NC(=O)[C@H](Cc1ccc(O)cc1)NC(=O)[C@H](C)NC(=O)[C@@H]1CCCN1)C(C)C)C(=O)N[C@@H](C)C(=O)N[C@@H](C)C(=O)N[C@@H](CCC(N)=O)C(=O)O. The third-order valence-electron chi connectivity index (χ3n) is 24.6. The summed E-state index contributed by atoms with van der Waals surface area (Å²) in [5.74, 6) is -20.6. The molecule has 1 aromatic carbocycles. The van der Waals surface area contributed by atoms with Gasteiger partial charge in [0.25, 0.3) is 0 Å². The molecule has 0 saturated carbocycles. The summed E-state index contributed by atoms with van der Waals surface area (Å²) >= 11 is 0. The molecule has 0 radical (unpaired) electrons. The zero-order valence-corrected chi connectivity index (χ0v) is 81.1. The smallest absolute Gasteiger partial charge is 0.326 e. The van der Waals surface area contributed by atoms with Gasteiger partial charge < -0.3 is 149 Å². The van der Waals surface area contributed by atoms with E-state index in [1.54, 1.807) is 27.7 Å². The molecule has 50 heteroatoms. The number of rotatable bonds is 61. The highest BCUT2D eigenvalue weighted by atomic mass is 16.4. The van der Waals surface area contributed by atoms with E-state index in [9.17, 15) is 116 Å². The molecule has 5 rings (SSSR count). The molecular weight excluding hydrogens is 1830 g/mol. The van der Waals surface area contributed by atoms with Crippen LogP contribution in [0.1, 0.15) is 221 Å². The molecule has 0 spiro atoms. The molecule has 140 heavy (non-hydrogen) atoms. The Morgan fingerprint density at radius 2 is 0.729 bits per heavy atom. The molecule has 782 valence electrons. The van der Waals surface area contributed by atoms with Gasteiger partial charge >= 0.3 is 11.9 Å². The number of aliphatic carboxylic acids is 2. The number of likely N-dealkylation sites (tertiary alicyclic amines) is 3. The number of nitrogens with zero attached hydrogens (tertiary/aromatic N) is 3. The largest absolute Gasteiger partial charge is 0.508 e. The third-order valence-corrected chi connectivity index (χ3v) is 24.6. The summed E-state index contributed by atoms with van der Waals surface area (Å²) in [5, 5.41) is 79.2. The van der Waals surface area contributed by atoms with Crippen molar-refractivity contribution in [2.45, 2.75) is 331 Å². The van der Waals surface area contributed by atoms with E-state index in [0.717, 1.165) is 11.3 Å². The minimum absolute atomic E-state index is 0.0205. The lowest BCUT2D eigenvalue weighted by atomic mass is 10.0. The Hall–Kier alpha value is -13.0. The summed E-state index contributed by atoms with van der Waals surface area (Å²) in [5.41, 5.74) is 34.3. The number of carbonyl (C=O) groups excluding carboxylic acids is 19. The van der Waals surface area contributed by atoms with Crippen LogP contribution in [0, 0.1) is 17.2 Å². The second-order valence-electron chi connectivity index (χ2n) is 36.6. The van der Waals surface area contributed by atoms with E-state index in [1.807, 2.05) is 0 Å². The number of aromatic hydroxyl groups is 1. The maximum Gasteiger partial charge on any atom is 0.326 e. The average molecular weight is 1980 g/mol. The lowest BCUT2D eigenvalue weighted by Gasteiger charge is -2.33. The van der Waals surface area contributed by atoms with Crippen molar-refractivity contribution >= 4 is 130 Å². The van der Waals surface area contributed by atoms with E-state index < -0.39 is 276 Å². The highest BCUT2D eigenvalue weighted by Gasteiger charge is 2.46. The number of primary amides is 2. The van der Waals surface area contributed by atoms with Gasteiger partial charge in [-0.3, -0.25) is 101 Å². The van der Waals surface area contributed by atoms with E-state index in [0.29, 0.717) is 37.8 Å². The van der Waals surface area contributed by atoms with Crippen LogP contribution in [0.15, 0.2) is 24.3 Å². The third kappa shape index (κ3) is 38.6. The molecule has 4 saturated heterocycles. The van der Waals surface area contributed by atoms with Gasteiger partial charge in [0.15, 0.2) is 5.96 Å². The van der Waals surface area contributed by atoms with Crippen LogP contribution in [0.2, 0.25) is 0 Å². The van der Waals surface area contributed by atoms with Gasteiger partial charge in [-0.25, -0.2) is 4.79 Å². The van der Waals surface area contributed by atoms with Crippen molar-refractivity contribution in [2.24, 2.45) is 46.2 Å². The highest BCUT2D eigenvalue weighted by molar-refractivity contribution is 6.02. The average Bonchev–Trinajstić information content (AvgIpc) is 1.65. The van der Waals surface area contributed by atoms with Gasteiger partial charge in [-0.2, -0.15) is 0 Å². The normalized spacial score (nSPS) is 18.6. The second-order valence-corrected chi connectivity index (χ2v) is 36.6. The number of amides is 19. The molecule has 32 N–H and O–H groups in total. The maximum atomic E-state index is 14.9. The second kappa shape index (κ2) is 59.4. The zero-order valence-electron chi connectivity index (χ0n) is 81.1. The summed E-state index contributed by atoms with van der Waals surface area (Å²) in [6.45, 7) is 12.7. The van der Waals surface area contributed by atoms with Crippen LogP contribution >= 0.6 is 0 Å². The first-order chi connectivity index (χ1) is 66.2. The maximum absolute atomic E-state index is 14.9. The number of carboxylic acids is 2. The van der Waals surface area contributed by atoms with Crippen molar-refractivity contribution in [3.8, 4) is 5.75 Å². The molecule has 0 bridgehead atoms. The van der Waals surface area contributed by atoms with Crippen molar-refractivity contribution in [3.63, 3.8) is 0 Å². The topological polar surface area (TPSA) is 801 Å². The number of phenols is 1. The number of hydrogen-bond acceptors (Lipinski definition) is 27. The number of hydrogen-bond donors (Lipinski definition) is 26. The standard InChI is InChI=1S/C90H148N26O24/c1-47(2)70(85(135)103-49(5)72(122)100-50(6)74(124)110-62(89(139)140)33-36-68(95)119)112-80(130)57(21-10-13-39-92)104-78(128)58(24-16-42-99-90(96)97)106-82(132)64-25-17-43-114(64)86(136)60(22-11-14-40-93)108-73(123)51(7)102-77(127)59(32-35-67(94)118)107-83(133)65-26-19-45-116(65)88(138)71(48(3)4)113-84(134)66-27-18-44-115(66)87(137)61(34-37-69(120)121)109-79(129)56(20-9-12-38-91)105-81(131)63(46-53-28-30-54(117)31-29-53)111-75(125)52(8)101-76(126)55-23-15-41-98-55/h28-31,47-52,55-66,70-71,98,117H,9-27,32-46,91-93H2,1-8H3,(H2,94,118)(H2,95,119)(H,100,122)(H,101,126)(H,102,127)(H,103,135)(H,104,128)(H,105,131)(H,106,132)(H,107,133)(H,108,123)(H,109,129)(H,110,124)(H,111,125)(H,112,130)(H,113,134)(H,120,121)(H,139,140)(H4,96,97,99)/t49-,50-,51-,52-,55-,56-,57-,58-,59-,60-,61-,62-,63-,64-,65-,66-,70-,71-/m0/s1. The van der Waals surface area contributed by atoms with Crippen LogP contribution in [-0.2, 0) is 107 Å². The van der Waals surface area contributed by atoms with Gasteiger partial charge in [0, 0.05) is 51.9 Å². The monoisotopic (exact) mass is 1980 g/mol. The lowest BCUT2D eigenvalue weighted by molar-refractivity contribution is -0.145. The fourth-order valence-electron chi connectivity index (χ4n) is 16.5. The molecule has 0 aromatic heterocycles. The van der Waals surface area contributed by atoms with Crippen molar-refractivity contribution in [2.75, 3.05) is 52.4 Å². The summed E-state index contributed by atoms with van der Waals surface area (Å²) in [7, 11) is 0. The first kappa shape index (κ1) is 117. The van der Waals surface area contributed by atoms with Crippen LogP contribution in [0.25, 0.3) is 0 Å². The highest BCUT2D eigenvalue weighted by Crippen LogP contribution is 2.27.